The molecule has 0 atom stereocenters. The number of fused-ring (bicyclic) bond motifs is 1. The molecule has 0 fully saturated rings. The molecule has 0 radical (unpaired) electrons. The third-order valence-electron chi connectivity index (χ3n) is 4.08. The Morgan fingerprint density at radius 3 is 2.64 bits per heavy atom. The van der Waals surface area contributed by atoms with Crippen LogP contribution in [-0.2, 0) is 11.8 Å². The second kappa shape index (κ2) is 6.68. The van der Waals surface area contributed by atoms with Gasteiger partial charge in [0.05, 0.1) is 23.4 Å². The summed E-state index contributed by atoms with van der Waals surface area (Å²) in [4.78, 5) is 29.1. The van der Waals surface area contributed by atoms with E-state index in [-0.39, 0.29) is 5.97 Å². The Bertz CT molecular complexity index is 971. The van der Waals surface area contributed by atoms with Crippen molar-refractivity contribution in [1.82, 2.24) is 9.55 Å². The van der Waals surface area contributed by atoms with E-state index in [1.165, 1.54) is 11.3 Å². The van der Waals surface area contributed by atoms with Crippen LogP contribution in [-0.4, -0.2) is 28.1 Å². The molecule has 2 heterocycles. The fourth-order valence-corrected chi connectivity index (χ4v) is 3.40. The first-order valence-corrected chi connectivity index (χ1v) is 8.70. The molecule has 25 heavy (non-hydrogen) atoms. The molecule has 130 valence electrons. The van der Waals surface area contributed by atoms with Gasteiger partial charge in [-0.05, 0) is 39.0 Å². The van der Waals surface area contributed by atoms with Crippen molar-refractivity contribution < 1.29 is 19.1 Å². The molecule has 2 aromatic heterocycles. The number of benzene rings is 1. The molecule has 0 aliphatic heterocycles. The first kappa shape index (κ1) is 17.2. The number of thiazole rings is 1. The molecular weight excluding hydrogens is 340 g/mol. The van der Waals surface area contributed by atoms with Gasteiger partial charge in [0, 0.05) is 23.6 Å². The minimum atomic E-state index is -0.454. The van der Waals surface area contributed by atoms with Crippen molar-refractivity contribution in [1.29, 1.82) is 0 Å². The average Bonchev–Trinajstić information content (AvgIpc) is 3.10. The highest BCUT2D eigenvalue weighted by molar-refractivity contribution is 7.11. The molecule has 0 bridgehead atoms. The number of carbonyl (C=O) groups excluding carboxylic acids is 2. The number of rotatable bonds is 4. The van der Waals surface area contributed by atoms with E-state index < -0.39 is 5.97 Å². The summed E-state index contributed by atoms with van der Waals surface area (Å²) in [5.41, 5.74) is 4.41. The molecule has 6 nitrogen and oxygen atoms in total. The zero-order valence-corrected chi connectivity index (χ0v) is 15.3. The summed E-state index contributed by atoms with van der Waals surface area (Å²) >= 11 is 1.24. The van der Waals surface area contributed by atoms with Crippen molar-refractivity contribution in [2.75, 3.05) is 6.61 Å². The first-order chi connectivity index (χ1) is 11.9. The van der Waals surface area contributed by atoms with Crippen molar-refractivity contribution in [2.24, 2.45) is 7.05 Å². The topological polar surface area (TPSA) is 70.4 Å². The molecule has 0 amide bonds. The highest BCUT2D eigenvalue weighted by Gasteiger charge is 2.21. The van der Waals surface area contributed by atoms with Crippen LogP contribution in [0.5, 0.6) is 5.75 Å². The van der Waals surface area contributed by atoms with Crippen LogP contribution >= 0.6 is 11.3 Å². The molecular formula is C18H18N2O4S. The Balaban J connectivity index is 2.01. The van der Waals surface area contributed by atoms with Gasteiger partial charge in [0.1, 0.15) is 10.6 Å². The maximum absolute atomic E-state index is 12.3. The summed E-state index contributed by atoms with van der Waals surface area (Å²) < 4.78 is 12.5. The van der Waals surface area contributed by atoms with Gasteiger partial charge >= 0.3 is 11.9 Å². The van der Waals surface area contributed by atoms with Gasteiger partial charge in [-0.1, -0.05) is 0 Å². The van der Waals surface area contributed by atoms with Gasteiger partial charge in [0.2, 0.25) is 0 Å². The van der Waals surface area contributed by atoms with Crippen molar-refractivity contribution in [3.63, 3.8) is 0 Å². The van der Waals surface area contributed by atoms with Gasteiger partial charge < -0.3 is 14.0 Å². The zero-order chi connectivity index (χ0) is 18.1. The summed E-state index contributed by atoms with van der Waals surface area (Å²) in [6.07, 6.45) is 0. The van der Waals surface area contributed by atoms with Crippen LogP contribution in [0.1, 0.15) is 38.3 Å². The third-order valence-corrected chi connectivity index (χ3v) is 4.99. The lowest BCUT2D eigenvalue weighted by Gasteiger charge is -2.05. The highest BCUT2D eigenvalue weighted by Crippen LogP contribution is 2.30. The molecule has 0 spiro atoms. The maximum atomic E-state index is 12.3. The largest absolute Gasteiger partial charge is 0.462 e. The van der Waals surface area contributed by atoms with Crippen LogP contribution in [0.25, 0.3) is 10.9 Å². The van der Waals surface area contributed by atoms with Crippen LogP contribution in [0.4, 0.5) is 0 Å². The highest BCUT2D eigenvalue weighted by atomic mass is 32.1. The second-order valence-corrected chi connectivity index (χ2v) is 6.43. The molecule has 1 aromatic carbocycles. The van der Waals surface area contributed by atoms with Gasteiger partial charge in [-0.15, -0.1) is 11.3 Å². The fourth-order valence-electron chi connectivity index (χ4n) is 2.73. The zero-order valence-electron chi connectivity index (χ0n) is 14.5. The summed E-state index contributed by atoms with van der Waals surface area (Å²) in [6.45, 7) is 5.69. The smallest absolute Gasteiger partial charge is 0.355 e. The van der Waals surface area contributed by atoms with Crippen LogP contribution in [0.3, 0.4) is 0 Å². The van der Waals surface area contributed by atoms with Crippen molar-refractivity contribution >= 4 is 34.2 Å². The second-order valence-electron chi connectivity index (χ2n) is 5.58. The number of esters is 2. The molecule has 0 N–H and O–H groups in total. The maximum Gasteiger partial charge on any atom is 0.355 e. The standard InChI is InChI=1S/C18H18N2O4S/c1-5-23-17(21)15-11(3)20(4)14-7-6-12(8-13(14)15)24-18(22)16-10(2)19-9-25-16/h6-9H,5H2,1-4H3. The Labute approximate surface area is 149 Å². The van der Waals surface area contributed by atoms with Crippen LogP contribution in [0.2, 0.25) is 0 Å². The molecule has 0 unspecified atom stereocenters. The Morgan fingerprint density at radius 1 is 1.24 bits per heavy atom. The minimum absolute atomic E-state index is 0.300. The quantitative estimate of drug-likeness (QED) is 0.526. The predicted molar refractivity (Wildman–Crippen MR) is 95.4 cm³/mol. The number of hydrogen-bond donors (Lipinski definition) is 0. The number of nitrogens with zero attached hydrogens (tertiary/aromatic N) is 2. The first-order valence-electron chi connectivity index (χ1n) is 7.82. The number of hydrogen-bond acceptors (Lipinski definition) is 6. The van der Waals surface area contributed by atoms with E-state index in [2.05, 4.69) is 4.98 Å². The lowest BCUT2D eigenvalue weighted by Crippen LogP contribution is -2.08. The molecule has 3 aromatic rings. The number of aromatic nitrogens is 2. The van der Waals surface area contributed by atoms with Gasteiger partial charge in [-0.2, -0.15) is 0 Å². The van der Waals surface area contributed by atoms with Gasteiger partial charge in [0.25, 0.3) is 0 Å². The molecule has 7 heteroatoms. The van der Waals surface area contributed by atoms with E-state index in [1.54, 1.807) is 31.5 Å². The Morgan fingerprint density at radius 2 is 2.00 bits per heavy atom. The van der Waals surface area contributed by atoms with Gasteiger partial charge in [-0.3, -0.25) is 0 Å². The molecule has 0 saturated carbocycles. The van der Waals surface area contributed by atoms with Gasteiger partial charge in [0.15, 0.2) is 0 Å². The van der Waals surface area contributed by atoms with E-state index in [9.17, 15) is 9.59 Å². The van der Waals surface area contributed by atoms with Crippen LogP contribution in [0.15, 0.2) is 23.7 Å². The SMILES string of the molecule is CCOC(=O)c1c(C)n(C)c2ccc(OC(=O)c3scnc3C)cc12. The lowest BCUT2D eigenvalue weighted by atomic mass is 10.1. The van der Waals surface area contributed by atoms with E-state index in [1.807, 2.05) is 24.6 Å². The Hall–Kier alpha value is -2.67. The summed E-state index contributed by atoms with van der Waals surface area (Å²) in [7, 11) is 1.88. The molecule has 0 aliphatic carbocycles. The molecule has 0 aliphatic rings. The normalized spacial score (nSPS) is 10.9. The van der Waals surface area contributed by atoms with Crippen LogP contribution in [0, 0.1) is 13.8 Å². The van der Waals surface area contributed by atoms with Crippen molar-refractivity contribution in [3.05, 3.63) is 45.5 Å². The summed E-state index contributed by atoms with van der Waals surface area (Å²) in [6, 6.07) is 5.24. The van der Waals surface area contributed by atoms with Crippen molar-refractivity contribution in [3.8, 4) is 5.75 Å². The van der Waals surface area contributed by atoms with Crippen molar-refractivity contribution in [2.45, 2.75) is 20.8 Å². The van der Waals surface area contributed by atoms with E-state index in [4.69, 9.17) is 9.47 Å². The Kier molecular flexibility index (Phi) is 4.59. The third kappa shape index (κ3) is 3.02. The van der Waals surface area contributed by atoms with E-state index in [0.717, 1.165) is 11.2 Å². The predicted octanol–water partition coefficient (Wildman–Crippen LogP) is 3.65. The molecule has 0 saturated heterocycles. The molecule has 3 rings (SSSR count). The van der Waals surface area contributed by atoms with Gasteiger partial charge in [-0.25, -0.2) is 14.6 Å². The number of aryl methyl sites for hydroxylation is 2. The summed E-state index contributed by atoms with van der Waals surface area (Å²) in [5, 5.41) is 0.699. The van der Waals surface area contributed by atoms with Crippen LogP contribution < -0.4 is 4.74 Å². The minimum Gasteiger partial charge on any atom is -0.462 e. The number of carbonyl (C=O) groups is 2. The lowest BCUT2D eigenvalue weighted by molar-refractivity contribution is 0.0527. The monoisotopic (exact) mass is 358 g/mol. The average molecular weight is 358 g/mol. The number of ether oxygens (including phenoxy) is 2. The fraction of sp³-hybridized carbons (Fsp3) is 0.278. The van der Waals surface area contributed by atoms with E-state index >= 15 is 0 Å². The van der Waals surface area contributed by atoms with E-state index in [0.29, 0.717) is 33.9 Å². The summed E-state index contributed by atoms with van der Waals surface area (Å²) in [5.74, 6) is -0.460.